The highest BCUT2D eigenvalue weighted by molar-refractivity contribution is 5.55. The molecule has 220 valence electrons. The molecule has 2 aromatic heterocycles. The van der Waals surface area contributed by atoms with Gasteiger partial charge in [-0.2, -0.15) is 18.4 Å². The average Bonchev–Trinajstić information content (AvgIpc) is 3.88. The van der Waals surface area contributed by atoms with Crippen molar-refractivity contribution in [1.29, 1.82) is 5.26 Å². The first-order chi connectivity index (χ1) is 20.0. The molecule has 3 aromatic rings. The summed E-state index contributed by atoms with van der Waals surface area (Å²) in [6, 6.07) is 8.48. The van der Waals surface area contributed by atoms with Crippen LogP contribution in [0.5, 0.6) is 0 Å². The van der Waals surface area contributed by atoms with Crippen LogP contribution in [0.15, 0.2) is 36.7 Å². The molecule has 0 amide bonds. The Balaban J connectivity index is 1.41. The average molecular weight is 575 g/mol. The van der Waals surface area contributed by atoms with E-state index in [1.54, 1.807) is 13.0 Å². The molecular weight excluding hydrogens is 537 g/mol. The van der Waals surface area contributed by atoms with E-state index >= 15 is 0 Å². The Morgan fingerprint density at radius 3 is 2.21 bits per heavy atom. The van der Waals surface area contributed by atoms with Gasteiger partial charge in [0.2, 0.25) is 5.95 Å². The Hall–Kier alpha value is -3.67. The molecule has 2 fully saturated rings. The minimum absolute atomic E-state index is 0.00106. The van der Waals surface area contributed by atoms with Crippen LogP contribution in [0.25, 0.3) is 0 Å². The van der Waals surface area contributed by atoms with Crippen LogP contribution in [0, 0.1) is 30.1 Å². The quantitative estimate of drug-likeness (QED) is 0.257. The maximum Gasteiger partial charge on any atom is 0.416 e. The van der Waals surface area contributed by atoms with Crippen molar-refractivity contribution >= 4 is 11.8 Å². The van der Waals surface area contributed by atoms with Crippen LogP contribution >= 0.6 is 0 Å². The largest absolute Gasteiger partial charge is 0.416 e. The number of alkyl halides is 3. The molecule has 0 atom stereocenters. The molecular formula is C33H37F3N6. The number of benzene rings is 1. The van der Waals surface area contributed by atoms with E-state index in [0.29, 0.717) is 41.0 Å². The number of hydrogen-bond donors (Lipinski definition) is 0. The lowest BCUT2D eigenvalue weighted by Crippen LogP contribution is -2.33. The van der Waals surface area contributed by atoms with Gasteiger partial charge in [-0.25, -0.2) is 15.0 Å². The summed E-state index contributed by atoms with van der Waals surface area (Å²) in [7, 11) is 0. The van der Waals surface area contributed by atoms with E-state index in [9.17, 15) is 18.4 Å². The van der Waals surface area contributed by atoms with Crippen LogP contribution in [0.2, 0.25) is 0 Å². The Labute approximate surface area is 245 Å². The van der Waals surface area contributed by atoms with Crippen LogP contribution < -0.4 is 9.80 Å². The zero-order valence-electron chi connectivity index (χ0n) is 24.5. The normalized spacial score (nSPS) is 17.5. The van der Waals surface area contributed by atoms with Crippen molar-refractivity contribution in [1.82, 2.24) is 15.0 Å². The maximum absolute atomic E-state index is 13.7. The Kier molecular flexibility index (Phi) is 7.36. The lowest BCUT2D eigenvalue weighted by Gasteiger charge is -2.31. The van der Waals surface area contributed by atoms with Gasteiger partial charge in [0.1, 0.15) is 11.9 Å². The zero-order chi connectivity index (χ0) is 29.6. The summed E-state index contributed by atoms with van der Waals surface area (Å²) < 4.78 is 41.1. The highest BCUT2D eigenvalue weighted by Gasteiger charge is 2.36. The molecule has 3 aliphatic carbocycles. The predicted molar refractivity (Wildman–Crippen MR) is 156 cm³/mol. The fourth-order valence-electron chi connectivity index (χ4n) is 6.08. The van der Waals surface area contributed by atoms with Gasteiger partial charge in [-0.15, -0.1) is 0 Å². The number of aryl methyl sites for hydroxylation is 2. The third-order valence-corrected chi connectivity index (χ3v) is 8.72. The van der Waals surface area contributed by atoms with Gasteiger partial charge in [0.25, 0.3) is 0 Å². The number of hydrogen-bond acceptors (Lipinski definition) is 6. The predicted octanol–water partition coefficient (Wildman–Crippen LogP) is 7.13. The smallest absolute Gasteiger partial charge is 0.356 e. The summed E-state index contributed by atoms with van der Waals surface area (Å²) >= 11 is 0. The molecule has 0 spiro atoms. The molecule has 6 rings (SSSR count). The number of fused-ring (bicyclic) bond motifs is 1. The van der Waals surface area contributed by atoms with Crippen LogP contribution in [-0.4, -0.2) is 28.0 Å². The van der Waals surface area contributed by atoms with Gasteiger partial charge in [-0.3, -0.25) is 0 Å². The number of rotatable bonds is 10. The van der Waals surface area contributed by atoms with Crippen molar-refractivity contribution in [3.63, 3.8) is 0 Å². The number of halogens is 3. The number of nitriles is 1. The second kappa shape index (κ2) is 10.9. The lowest BCUT2D eigenvalue weighted by atomic mass is 9.90. The van der Waals surface area contributed by atoms with E-state index in [4.69, 9.17) is 4.98 Å². The van der Waals surface area contributed by atoms with Crippen molar-refractivity contribution in [2.24, 2.45) is 11.8 Å². The SMILES string of the molecule is Cc1cc(CN(Cc2cc3c(nc2N(CC2CC2)CC2CC2)C(C)(C)CC3)c2ncc(C#N)cn2)cc(C(F)(F)F)c1. The fourth-order valence-corrected chi connectivity index (χ4v) is 6.08. The summed E-state index contributed by atoms with van der Waals surface area (Å²) in [6.07, 6.45) is 5.45. The van der Waals surface area contributed by atoms with Gasteiger partial charge in [-0.05, 0) is 86.6 Å². The van der Waals surface area contributed by atoms with E-state index in [0.717, 1.165) is 43.0 Å². The van der Waals surface area contributed by atoms with Gasteiger partial charge in [0, 0.05) is 37.2 Å². The summed E-state index contributed by atoms with van der Waals surface area (Å²) in [4.78, 5) is 18.7. The van der Waals surface area contributed by atoms with E-state index in [1.165, 1.54) is 55.8 Å². The summed E-state index contributed by atoms with van der Waals surface area (Å²) in [6.45, 7) is 8.74. The first kappa shape index (κ1) is 28.4. The van der Waals surface area contributed by atoms with E-state index in [1.807, 2.05) is 11.0 Å². The number of aromatic nitrogens is 3. The third kappa shape index (κ3) is 6.38. The van der Waals surface area contributed by atoms with Gasteiger partial charge < -0.3 is 9.80 Å². The van der Waals surface area contributed by atoms with E-state index in [2.05, 4.69) is 34.8 Å². The third-order valence-electron chi connectivity index (χ3n) is 8.72. The molecule has 2 heterocycles. The molecule has 0 saturated heterocycles. The van der Waals surface area contributed by atoms with E-state index < -0.39 is 11.7 Å². The Morgan fingerprint density at radius 2 is 1.62 bits per heavy atom. The standard InChI is InChI=1S/C33H37F3N6/c1-21-10-24(12-28(11-21)33(34,35)36)19-42(31-38-15-25(14-37)16-39-31)20-27-13-26-8-9-32(2,3)29(26)40-30(27)41(17-22-4-5-22)18-23-6-7-23/h10-13,15-16,22-23H,4-9,17-20H2,1-3H3. The fraction of sp³-hybridized carbons (Fsp3) is 0.515. The molecule has 6 nitrogen and oxygen atoms in total. The number of anilines is 2. The second-order valence-electron chi connectivity index (χ2n) is 13.1. The number of nitrogens with zero attached hydrogens (tertiary/aromatic N) is 6. The van der Waals surface area contributed by atoms with E-state index in [-0.39, 0.29) is 12.0 Å². The summed E-state index contributed by atoms with van der Waals surface area (Å²) in [5, 5.41) is 9.29. The minimum Gasteiger partial charge on any atom is -0.356 e. The summed E-state index contributed by atoms with van der Waals surface area (Å²) in [5.74, 6) is 2.73. The molecule has 1 aromatic carbocycles. The molecule has 0 bridgehead atoms. The van der Waals surface area contributed by atoms with Crippen molar-refractivity contribution in [2.75, 3.05) is 22.9 Å². The van der Waals surface area contributed by atoms with Crippen LogP contribution in [0.3, 0.4) is 0 Å². The lowest BCUT2D eigenvalue weighted by molar-refractivity contribution is -0.137. The first-order valence-electron chi connectivity index (χ1n) is 14.9. The van der Waals surface area contributed by atoms with Crippen molar-refractivity contribution < 1.29 is 13.2 Å². The van der Waals surface area contributed by atoms with Crippen LogP contribution in [0.1, 0.15) is 85.0 Å². The molecule has 9 heteroatoms. The Bertz CT molecular complexity index is 1490. The first-order valence-corrected chi connectivity index (χ1v) is 14.9. The molecule has 2 saturated carbocycles. The molecule has 0 unspecified atom stereocenters. The van der Waals surface area contributed by atoms with Crippen molar-refractivity contribution in [3.05, 3.63) is 75.7 Å². The highest BCUT2D eigenvalue weighted by Crippen LogP contribution is 2.42. The number of pyridine rings is 1. The topological polar surface area (TPSA) is 68.9 Å². The van der Waals surface area contributed by atoms with Crippen molar-refractivity contribution in [2.45, 2.75) is 84.0 Å². The maximum atomic E-state index is 13.7. The molecule has 0 N–H and O–H groups in total. The minimum atomic E-state index is -4.44. The van der Waals surface area contributed by atoms with Gasteiger partial charge in [0.05, 0.1) is 29.2 Å². The molecule has 0 radical (unpaired) electrons. The van der Waals surface area contributed by atoms with Gasteiger partial charge >= 0.3 is 6.18 Å². The van der Waals surface area contributed by atoms with Gasteiger partial charge in [0.15, 0.2) is 0 Å². The summed E-state index contributed by atoms with van der Waals surface area (Å²) in [5.41, 5.74) is 4.18. The molecule has 3 aliphatic rings. The highest BCUT2D eigenvalue weighted by atomic mass is 19.4. The molecule has 0 aliphatic heterocycles. The van der Waals surface area contributed by atoms with Crippen molar-refractivity contribution in [3.8, 4) is 6.07 Å². The monoisotopic (exact) mass is 574 g/mol. The second-order valence-corrected chi connectivity index (χ2v) is 13.1. The van der Waals surface area contributed by atoms with Crippen LogP contribution in [0.4, 0.5) is 24.9 Å². The molecule has 42 heavy (non-hydrogen) atoms. The Morgan fingerprint density at radius 1 is 0.952 bits per heavy atom. The van der Waals surface area contributed by atoms with Gasteiger partial charge in [-0.1, -0.05) is 25.5 Å². The van der Waals surface area contributed by atoms with Crippen LogP contribution in [-0.2, 0) is 31.1 Å². The zero-order valence-corrected chi connectivity index (χ0v) is 24.5.